The van der Waals surface area contributed by atoms with Crippen molar-refractivity contribution in [3.63, 3.8) is 0 Å². The molecule has 0 spiro atoms. The van der Waals surface area contributed by atoms with E-state index in [1.54, 1.807) is 0 Å². The van der Waals surface area contributed by atoms with Crippen molar-refractivity contribution < 1.29 is 0 Å². The molecule has 0 bridgehead atoms. The number of allylic oxidation sites excluding steroid dienone is 1. The fourth-order valence-corrected chi connectivity index (χ4v) is 2.11. The van der Waals surface area contributed by atoms with Gasteiger partial charge in [0, 0.05) is 31.7 Å². The molecule has 2 nitrogen and oxygen atoms in total. The molecule has 1 heterocycles. The largest absolute Gasteiger partial charge is 0.311 e. The van der Waals surface area contributed by atoms with Crippen molar-refractivity contribution >= 4 is 0 Å². The van der Waals surface area contributed by atoms with E-state index in [2.05, 4.69) is 50.1 Å². The summed E-state index contributed by atoms with van der Waals surface area (Å²) in [4.78, 5) is 2.59. The first-order valence-corrected chi connectivity index (χ1v) is 5.73. The first-order chi connectivity index (χ1) is 6.65. The fourth-order valence-electron chi connectivity index (χ4n) is 2.11. The van der Waals surface area contributed by atoms with Gasteiger partial charge in [0.25, 0.3) is 0 Å². The minimum absolute atomic E-state index is 0.634. The highest BCUT2D eigenvalue weighted by molar-refractivity contribution is 4.91. The second kappa shape index (κ2) is 5.52. The lowest BCUT2D eigenvalue weighted by atomic mass is 9.99. The molecule has 2 heteroatoms. The van der Waals surface area contributed by atoms with Crippen LogP contribution in [-0.4, -0.2) is 36.6 Å². The van der Waals surface area contributed by atoms with Crippen LogP contribution < -0.4 is 5.32 Å². The Hall–Kier alpha value is -0.340. The van der Waals surface area contributed by atoms with Crippen LogP contribution in [0.1, 0.15) is 27.7 Å². The molecule has 0 saturated carbocycles. The Morgan fingerprint density at radius 1 is 1.50 bits per heavy atom. The van der Waals surface area contributed by atoms with Gasteiger partial charge in [-0.25, -0.2) is 0 Å². The quantitative estimate of drug-likeness (QED) is 0.693. The van der Waals surface area contributed by atoms with E-state index in [-0.39, 0.29) is 0 Å². The van der Waals surface area contributed by atoms with Crippen molar-refractivity contribution in [3.05, 3.63) is 12.2 Å². The van der Waals surface area contributed by atoms with Crippen LogP contribution in [0.5, 0.6) is 0 Å². The summed E-state index contributed by atoms with van der Waals surface area (Å²) in [5.74, 6) is 0.736. The Kier molecular flexibility index (Phi) is 4.63. The number of piperazine rings is 1. The summed E-state index contributed by atoms with van der Waals surface area (Å²) in [7, 11) is 0. The molecule has 1 fully saturated rings. The van der Waals surface area contributed by atoms with Crippen LogP contribution in [0.4, 0.5) is 0 Å². The smallest absolute Gasteiger partial charge is 0.0247 e. The molecule has 2 atom stereocenters. The van der Waals surface area contributed by atoms with E-state index >= 15 is 0 Å². The maximum absolute atomic E-state index is 3.55. The molecule has 82 valence electrons. The summed E-state index contributed by atoms with van der Waals surface area (Å²) in [5.41, 5.74) is 0. The SMILES string of the molecule is C/C=C/CN1CC(C)NCC1C(C)C. The van der Waals surface area contributed by atoms with Crippen molar-refractivity contribution in [2.24, 2.45) is 5.92 Å². The van der Waals surface area contributed by atoms with Gasteiger partial charge in [0.15, 0.2) is 0 Å². The van der Waals surface area contributed by atoms with Crippen LogP contribution in [0.2, 0.25) is 0 Å². The lowest BCUT2D eigenvalue weighted by Gasteiger charge is -2.41. The highest BCUT2D eigenvalue weighted by Gasteiger charge is 2.26. The lowest BCUT2D eigenvalue weighted by Crippen LogP contribution is -2.57. The van der Waals surface area contributed by atoms with Gasteiger partial charge in [-0.2, -0.15) is 0 Å². The molecule has 0 aromatic carbocycles. The summed E-state index contributed by atoms with van der Waals surface area (Å²) in [6, 6.07) is 1.33. The minimum Gasteiger partial charge on any atom is -0.311 e. The van der Waals surface area contributed by atoms with Crippen molar-refractivity contribution in [1.82, 2.24) is 10.2 Å². The van der Waals surface area contributed by atoms with Gasteiger partial charge >= 0.3 is 0 Å². The van der Waals surface area contributed by atoms with Gasteiger partial charge in [-0.1, -0.05) is 26.0 Å². The number of hydrogen-bond acceptors (Lipinski definition) is 2. The molecular weight excluding hydrogens is 172 g/mol. The molecule has 1 aliphatic heterocycles. The van der Waals surface area contributed by atoms with Gasteiger partial charge in [-0.3, -0.25) is 4.90 Å². The van der Waals surface area contributed by atoms with Gasteiger partial charge in [-0.05, 0) is 19.8 Å². The summed E-state index contributed by atoms with van der Waals surface area (Å²) < 4.78 is 0. The third-order valence-corrected chi connectivity index (χ3v) is 3.00. The zero-order valence-electron chi connectivity index (χ0n) is 9.96. The van der Waals surface area contributed by atoms with Crippen molar-refractivity contribution in [1.29, 1.82) is 0 Å². The zero-order valence-corrected chi connectivity index (χ0v) is 9.96. The highest BCUT2D eigenvalue weighted by atomic mass is 15.2. The second-order valence-corrected chi connectivity index (χ2v) is 4.64. The van der Waals surface area contributed by atoms with Gasteiger partial charge < -0.3 is 5.32 Å². The van der Waals surface area contributed by atoms with E-state index in [4.69, 9.17) is 0 Å². The lowest BCUT2D eigenvalue weighted by molar-refractivity contribution is 0.116. The Morgan fingerprint density at radius 3 is 2.79 bits per heavy atom. The number of hydrogen-bond donors (Lipinski definition) is 1. The predicted octanol–water partition coefficient (Wildman–Crippen LogP) is 1.88. The molecule has 0 aromatic heterocycles. The average molecular weight is 196 g/mol. The van der Waals surface area contributed by atoms with E-state index in [0.29, 0.717) is 12.1 Å². The predicted molar refractivity (Wildman–Crippen MR) is 62.5 cm³/mol. The average Bonchev–Trinajstić information content (AvgIpc) is 2.14. The third kappa shape index (κ3) is 3.10. The molecule has 2 unspecified atom stereocenters. The zero-order chi connectivity index (χ0) is 10.6. The van der Waals surface area contributed by atoms with Crippen molar-refractivity contribution in [2.45, 2.75) is 39.8 Å². The first kappa shape index (κ1) is 11.7. The summed E-state index contributed by atoms with van der Waals surface area (Å²) in [6.45, 7) is 12.4. The number of nitrogens with one attached hydrogen (secondary N) is 1. The summed E-state index contributed by atoms with van der Waals surface area (Å²) in [5, 5.41) is 3.55. The van der Waals surface area contributed by atoms with Gasteiger partial charge in [-0.15, -0.1) is 0 Å². The van der Waals surface area contributed by atoms with Crippen molar-refractivity contribution in [2.75, 3.05) is 19.6 Å². The normalized spacial score (nSPS) is 30.4. The van der Waals surface area contributed by atoms with E-state index in [9.17, 15) is 0 Å². The van der Waals surface area contributed by atoms with Crippen LogP contribution in [0.3, 0.4) is 0 Å². The molecule has 0 aromatic rings. The van der Waals surface area contributed by atoms with Crippen LogP contribution >= 0.6 is 0 Å². The number of rotatable bonds is 3. The fraction of sp³-hybridized carbons (Fsp3) is 0.833. The van der Waals surface area contributed by atoms with Crippen LogP contribution in [0.15, 0.2) is 12.2 Å². The third-order valence-electron chi connectivity index (χ3n) is 3.00. The van der Waals surface area contributed by atoms with Gasteiger partial charge in [0.1, 0.15) is 0 Å². The van der Waals surface area contributed by atoms with E-state index in [0.717, 1.165) is 19.0 Å². The maximum Gasteiger partial charge on any atom is 0.0247 e. The van der Waals surface area contributed by atoms with Crippen LogP contribution in [0, 0.1) is 5.92 Å². The van der Waals surface area contributed by atoms with E-state index in [1.165, 1.54) is 6.54 Å². The monoisotopic (exact) mass is 196 g/mol. The molecule has 1 rings (SSSR count). The molecule has 0 aliphatic carbocycles. The second-order valence-electron chi connectivity index (χ2n) is 4.64. The van der Waals surface area contributed by atoms with Crippen LogP contribution in [0.25, 0.3) is 0 Å². The highest BCUT2D eigenvalue weighted by Crippen LogP contribution is 2.14. The maximum atomic E-state index is 3.55. The molecule has 14 heavy (non-hydrogen) atoms. The minimum atomic E-state index is 0.634. The molecule has 1 N–H and O–H groups in total. The standard InChI is InChI=1S/C12H24N2/c1-5-6-7-14-9-11(4)13-8-12(14)10(2)3/h5-6,10-13H,7-9H2,1-4H3/b6-5+. The molecular formula is C12H24N2. The molecule has 0 radical (unpaired) electrons. The van der Waals surface area contributed by atoms with Crippen LogP contribution in [-0.2, 0) is 0 Å². The van der Waals surface area contributed by atoms with E-state index in [1.807, 2.05) is 0 Å². The topological polar surface area (TPSA) is 15.3 Å². The molecule has 0 amide bonds. The Labute approximate surface area is 88.4 Å². The molecule has 1 aliphatic rings. The van der Waals surface area contributed by atoms with E-state index < -0.39 is 0 Å². The Balaban J connectivity index is 2.54. The number of nitrogens with zero attached hydrogens (tertiary/aromatic N) is 1. The summed E-state index contributed by atoms with van der Waals surface area (Å²) >= 11 is 0. The summed E-state index contributed by atoms with van der Waals surface area (Å²) in [6.07, 6.45) is 4.40. The van der Waals surface area contributed by atoms with Crippen molar-refractivity contribution in [3.8, 4) is 0 Å². The Bertz CT molecular complexity index is 187. The first-order valence-electron chi connectivity index (χ1n) is 5.73. The Morgan fingerprint density at radius 2 is 2.21 bits per heavy atom. The molecule has 1 saturated heterocycles. The van der Waals surface area contributed by atoms with Gasteiger partial charge in [0.05, 0.1) is 0 Å². The van der Waals surface area contributed by atoms with Gasteiger partial charge in [0.2, 0.25) is 0 Å².